The minimum Gasteiger partial charge on any atom is -0.323 e. The molecule has 0 aliphatic heterocycles. The van der Waals surface area contributed by atoms with E-state index in [-0.39, 0.29) is 6.04 Å². The number of hydrogen-bond donors (Lipinski definition) is 1. The van der Waals surface area contributed by atoms with Crippen LogP contribution >= 0.6 is 11.3 Å². The summed E-state index contributed by atoms with van der Waals surface area (Å²) >= 11 is 1.87. The van der Waals surface area contributed by atoms with Crippen LogP contribution in [0.2, 0.25) is 0 Å². The van der Waals surface area contributed by atoms with Gasteiger partial charge in [0.05, 0.1) is 0 Å². The van der Waals surface area contributed by atoms with Crippen LogP contribution in [0.3, 0.4) is 0 Å². The van der Waals surface area contributed by atoms with Gasteiger partial charge in [0.2, 0.25) is 0 Å². The van der Waals surface area contributed by atoms with Crippen LogP contribution in [0.1, 0.15) is 40.8 Å². The van der Waals surface area contributed by atoms with Gasteiger partial charge >= 0.3 is 0 Å². The summed E-state index contributed by atoms with van der Waals surface area (Å²) in [4.78, 5) is 5.70. The third kappa shape index (κ3) is 2.01. The Hall–Kier alpha value is -1.19. The average Bonchev–Trinajstić information content (AvgIpc) is 2.87. The average molecular weight is 244 g/mol. The van der Waals surface area contributed by atoms with E-state index in [1.165, 1.54) is 29.7 Å². The Morgan fingerprint density at radius 1 is 1.41 bits per heavy atom. The largest absolute Gasteiger partial charge is 0.323 e. The van der Waals surface area contributed by atoms with Crippen molar-refractivity contribution < 1.29 is 0 Å². The van der Waals surface area contributed by atoms with Crippen LogP contribution in [-0.4, -0.2) is 4.98 Å². The van der Waals surface area contributed by atoms with Gasteiger partial charge < -0.3 is 5.73 Å². The Morgan fingerprint density at radius 2 is 2.35 bits per heavy atom. The number of fused-ring (bicyclic) bond motifs is 1. The highest BCUT2D eigenvalue weighted by molar-refractivity contribution is 7.10. The molecule has 0 spiro atoms. The molecule has 0 saturated carbocycles. The highest BCUT2D eigenvalue weighted by atomic mass is 32.1. The van der Waals surface area contributed by atoms with E-state index in [0.717, 1.165) is 5.56 Å². The zero-order valence-electron chi connectivity index (χ0n) is 9.67. The molecule has 0 aromatic carbocycles. The predicted molar refractivity (Wildman–Crippen MR) is 71.2 cm³/mol. The first-order valence-electron chi connectivity index (χ1n) is 6.08. The van der Waals surface area contributed by atoms with E-state index in [0.29, 0.717) is 5.92 Å². The van der Waals surface area contributed by atoms with Crippen molar-refractivity contribution in [2.45, 2.75) is 31.2 Å². The lowest BCUT2D eigenvalue weighted by Gasteiger charge is -2.28. The van der Waals surface area contributed by atoms with Gasteiger partial charge in [-0.15, -0.1) is 11.3 Å². The molecular formula is C14H16N2S. The quantitative estimate of drug-likeness (QED) is 0.880. The normalized spacial score (nSPS) is 20.9. The van der Waals surface area contributed by atoms with Crippen LogP contribution in [0, 0.1) is 0 Å². The zero-order chi connectivity index (χ0) is 11.7. The van der Waals surface area contributed by atoms with Crippen LogP contribution in [0.15, 0.2) is 36.0 Å². The maximum atomic E-state index is 6.41. The molecule has 3 heteroatoms. The fourth-order valence-electron chi connectivity index (χ4n) is 2.70. The molecule has 3 rings (SSSR count). The molecule has 2 heterocycles. The Balaban J connectivity index is 1.92. The van der Waals surface area contributed by atoms with Gasteiger partial charge in [0.15, 0.2) is 0 Å². The molecule has 0 radical (unpaired) electrons. The first-order chi connectivity index (χ1) is 8.36. The number of rotatable bonds is 2. The van der Waals surface area contributed by atoms with E-state index in [4.69, 9.17) is 5.73 Å². The fourth-order valence-corrected chi connectivity index (χ4v) is 3.70. The number of aromatic nitrogens is 1. The predicted octanol–water partition coefficient (Wildman–Crippen LogP) is 3.26. The molecule has 2 atom stereocenters. The van der Waals surface area contributed by atoms with Crippen molar-refractivity contribution in [1.29, 1.82) is 0 Å². The molecule has 2 nitrogen and oxygen atoms in total. The summed E-state index contributed by atoms with van der Waals surface area (Å²) < 4.78 is 0. The topological polar surface area (TPSA) is 38.9 Å². The molecule has 0 fully saturated rings. The van der Waals surface area contributed by atoms with Gasteiger partial charge in [-0.05, 0) is 47.9 Å². The van der Waals surface area contributed by atoms with Crippen molar-refractivity contribution in [2.75, 3.05) is 0 Å². The number of nitrogens with two attached hydrogens (primary N) is 1. The number of pyridine rings is 1. The van der Waals surface area contributed by atoms with Crippen LogP contribution in [0.4, 0.5) is 0 Å². The van der Waals surface area contributed by atoms with Crippen LogP contribution in [0.25, 0.3) is 0 Å². The standard InChI is InChI=1S/C14H16N2S/c15-14(10-3-2-7-16-9-10)12-4-1-5-13-11(12)6-8-17-13/h2-3,6-9,12,14H,1,4-5,15H2. The molecule has 1 aliphatic carbocycles. The minimum atomic E-state index is 0.0809. The van der Waals surface area contributed by atoms with Crippen molar-refractivity contribution in [1.82, 2.24) is 4.98 Å². The van der Waals surface area contributed by atoms with Gasteiger partial charge in [0, 0.05) is 29.2 Å². The molecular weight excluding hydrogens is 228 g/mol. The van der Waals surface area contributed by atoms with Gasteiger partial charge in [0.1, 0.15) is 0 Å². The van der Waals surface area contributed by atoms with Gasteiger partial charge in [-0.2, -0.15) is 0 Å². The summed E-state index contributed by atoms with van der Waals surface area (Å²) in [5, 5.41) is 2.19. The second kappa shape index (κ2) is 4.59. The zero-order valence-corrected chi connectivity index (χ0v) is 10.5. The summed E-state index contributed by atoms with van der Waals surface area (Å²) in [7, 11) is 0. The highest BCUT2D eigenvalue weighted by Gasteiger charge is 2.27. The van der Waals surface area contributed by atoms with Crippen LogP contribution in [0.5, 0.6) is 0 Å². The second-order valence-corrected chi connectivity index (χ2v) is 5.61. The van der Waals surface area contributed by atoms with E-state index < -0.39 is 0 Å². The molecule has 2 aromatic rings. The van der Waals surface area contributed by atoms with Gasteiger partial charge in [0.25, 0.3) is 0 Å². The lowest BCUT2D eigenvalue weighted by atomic mass is 9.81. The molecule has 0 saturated heterocycles. The van der Waals surface area contributed by atoms with E-state index in [1.807, 2.05) is 23.6 Å². The second-order valence-electron chi connectivity index (χ2n) is 4.61. The molecule has 0 bridgehead atoms. The summed E-state index contributed by atoms with van der Waals surface area (Å²) in [6.07, 6.45) is 7.37. The van der Waals surface area contributed by atoms with E-state index in [9.17, 15) is 0 Å². The molecule has 0 amide bonds. The smallest absolute Gasteiger partial charge is 0.0380 e. The van der Waals surface area contributed by atoms with E-state index in [2.05, 4.69) is 22.5 Å². The third-order valence-electron chi connectivity index (χ3n) is 3.60. The molecule has 2 N–H and O–H groups in total. The Morgan fingerprint density at radius 3 is 3.18 bits per heavy atom. The summed E-state index contributed by atoms with van der Waals surface area (Å²) in [5.74, 6) is 0.467. The number of hydrogen-bond acceptors (Lipinski definition) is 3. The first kappa shape index (κ1) is 10.9. The Bertz CT molecular complexity index is 492. The highest BCUT2D eigenvalue weighted by Crippen LogP contribution is 2.40. The molecule has 88 valence electrons. The fraction of sp³-hybridized carbons (Fsp3) is 0.357. The Kier molecular flexibility index (Phi) is 2.95. The maximum absolute atomic E-state index is 6.41. The maximum Gasteiger partial charge on any atom is 0.0380 e. The van der Waals surface area contributed by atoms with Gasteiger partial charge in [-0.3, -0.25) is 4.98 Å². The van der Waals surface area contributed by atoms with Crippen LogP contribution in [-0.2, 0) is 6.42 Å². The van der Waals surface area contributed by atoms with Crippen molar-refractivity contribution >= 4 is 11.3 Å². The van der Waals surface area contributed by atoms with Gasteiger partial charge in [-0.1, -0.05) is 6.07 Å². The lowest BCUT2D eigenvalue weighted by Crippen LogP contribution is -2.22. The molecule has 2 aromatic heterocycles. The summed E-state index contributed by atoms with van der Waals surface area (Å²) in [5.41, 5.74) is 9.03. The van der Waals surface area contributed by atoms with Crippen molar-refractivity contribution in [3.63, 3.8) is 0 Å². The van der Waals surface area contributed by atoms with E-state index in [1.54, 1.807) is 6.20 Å². The molecule has 17 heavy (non-hydrogen) atoms. The number of nitrogens with zero attached hydrogens (tertiary/aromatic N) is 1. The first-order valence-corrected chi connectivity index (χ1v) is 6.96. The minimum absolute atomic E-state index is 0.0809. The number of aryl methyl sites for hydroxylation is 1. The third-order valence-corrected chi connectivity index (χ3v) is 4.60. The molecule has 1 aliphatic rings. The summed E-state index contributed by atoms with van der Waals surface area (Å²) in [6.45, 7) is 0. The van der Waals surface area contributed by atoms with E-state index >= 15 is 0 Å². The van der Waals surface area contributed by atoms with Gasteiger partial charge in [-0.25, -0.2) is 0 Å². The number of thiophene rings is 1. The van der Waals surface area contributed by atoms with Crippen molar-refractivity contribution in [2.24, 2.45) is 5.73 Å². The van der Waals surface area contributed by atoms with Crippen molar-refractivity contribution in [3.05, 3.63) is 52.0 Å². The van der Waals surface area contributed by atoms with Crippen LogP contribution < -0.4 is 5.73 Å². The van der Waals surface area contributed by atoms with Crippen molar-refractivity contribution in [3.8, 4) is 0 Å². The summed E-state index contributed by atoms with van der Waals surface area (Å²) in [6, 6.07) is 6.38. The SMILES string of the molecule is NC(c1cccnc1)C1CCCc2sccc21. The monoisotopic (exact) mass is 244 g/mol. The Labute approximate surface area is 106 Å². The molecule has 2 unspecified atom stereocenters. The lowest BCUT2D eigenvalue weighted by molar-refractivity contribution is 0.478.